The molecule has 0 aromatic rings. The summed E-state index contributed by atoms with van der Waals surface area (Å²) in [6.07, 6.45) is 8.70. The molecule has 2 saturated carbocycles. The smallest absolute Gasteiger partial charge is 0.222 e. The van der Waals surface area contributed by atoms with Crippen molar-refractivity contribution in [2.24, 2.45) is 5.41 Å². The number of likely N-dealkylation sites (tertiary alicyclic amines) is 1. The van der Waals surface area contributed by atoms with E-state index in [0.717, 1.165) is 39.0 Å². The highest BCUT2D eigenvalue weighted by atomic mass is 16.5. The highest BCUT2D eigenvalue weighted by molar-refractivity contribution is 5.78. The van der Waals surface area contributed by atoms with Gasteiger partial charge < -0.3 is 15.0 Å². The summed E-state index contributed by atoms with van der Waals surface area (Å²) in [6, 6.07) is 0.973. The number of hydrogen-bond acceptors (Lipinski definition) is 3. The summed E-state index contributed by atoms with van der Waals surface area (Å²) in [6.45, 7) is 6.97. The van der Waals surface area contributed by atoms with Crippen LogP contribution < -0.4 is 5.32 Å². The van der Waals surface area contributed by atoms with E-state index in [4.69, 9.17) is 4.74 Å². The lowest BCUT2D eigenvalue weighted by molar-refractivity contribution is -0.134. The number of rotatable bonds is 6. The highest BCUT2D eigenvalue weighted by Crippen LogP contribution is 2.54. The van der Waals surface area contributed by atoms with Crippen LogP contribution in [0.4, 0.5) is 0 Å². The van der Waals surface area contributed by atoms with Crippen molar-refractivity contribution >= 4 is 5.91 Å². The normalized spacial score (nSPS) is 32.7. The highest BCUT2D eigenvalue weighted by Gasteiger charge is 2.56. The van der Waals surface area contributed by atoms with Crippen LogP contribution in [0.1, 0.15) is 58.8 Å². The largest absolute Gasteiger partial charge is 0.378 e. The second-order valence-corrected chi connectivity index (χ2v) is 7.18. The monoisotopic (exact) mass is 294 g/mol. The predicted octanol–water partition coefficient (Wildman–Crippen LogP) is 2.32. The van der Waals surface area contributed by atoms with Crippen molar-refractivity contribution in [3.05, 3.63) is 0 Å². The first-order valence-corrected chi connectivity index (χ1v) is 8.81. The number of ether oxygens (including phenoxy) is 1. The number of nitrogens with one attached hydrogen (secondary N) is 1. The summed E-state index contributed by atoms with van der Waals surface area (Å²) in [5.74, 6) is 0.333. The summed E-state index contributed by atoms with van der Waals surface area (Å²) in [4.78, 5) is 13.8. The van der Waals surface area contributed by atoms with E-state index in [0.29, 0.717) is 29.5 Å². The Labute approximate surface area is 128 Å². The van der Waals surface area contributed by atoms with E-state index in [1.807, 2.05) is 4.90 Å². The Balaban J connectivity index is 1.53. The molecule has 21 heavy (non-hydrogen) atoms. The Morgan fingerprint density at radius 3 is 2.76 bits per heavy atom. The number of hydrogen-bond donors (Lipinski definition) is 1. The molecule has 3 fully saturated rings. The van der Waals surface area contributed by atoms with Crippen LogP contribution in [-0.4, -0.2) is 48.7 Å². The third kappa shape index (κ3) is 2.85. The average Bonchev–Trinajstić information content (AvgIpc) is 3.09. The van der Waals surface area contributed by atoms with Crippen LogP contribution in [0.15, 0.2) is 0 Å². The molecular weight excluding hydrogens is 264 g/mol. The molecule has 4 heteroatoms. The van der Waals surface area contributed by atoms with Crippen LogP contribution in [0.2, 0.25) is 0 Å². The molecule has 0 bridgehead atoms. The van der Waals surface area contributed by atoms with Gasteiger partial charge in [-0.1, -0.05) is 12.8 Å². The number of carbonyl (C=O) groups excluding carboxylic acids is 1. The van der Waals surface area contributed by atoms with E-state index >= 15 is 0 Å². The minimum absolute atomic E-state index is 0.333. The first-order valence-electron chi connectivity index (χ1n) is 8.81. The van der Waals surface area contributed by atoms with Crippen molar-refractivity contribution in [2.75, 3.05) is 19.7 Å². The number of amides is 1. The molecule has 1 aliphatic heterocycles. The summed E-state index contributed by atoms with van der Waals surface area (Å²) >= 11 is 0. The van der Waals surface area contributed by atoms with E-state index in [9.17, 15) is 4.79 Å². The molecule has 0 aromatic carbocycles. The zero-order valence-electron chi connectivity index (χ0n) is 13.6. The molecule has 1 saturated heterocycles. The Morgan fingerprint density at radius 2 is 2.14 bits per heavy atom. The molecule has 120 valence electrons. The fourth-order valence-electron chi connectivity index (χ4n) is 4.74. The van der Waals surface area contributed by atoms with Gasteiger partial charge in [-0.05, 0) is 39.5 Å². The molecule has 1 N–H and O–H groups in total. The van der Waals surface area contributed by atoms with E-state index in [2.05, 4.69) is 19.2 Å². The Morgan fingerprint density at radius 1 is 1.38 bits per heavy atom. The minimum Gasteiger partial charge on any atom is -0.378 e. The maximum Gasteiger partial charge on any atom is 0.222 e. The molecule has 3 aliphatic rings. The van der Waals surface area contributed by atoms with E-state index in [1.54, 1.807) is 0 Å². The fraction of sp³-hybridized carbons (Fsp3) is 0.941. The van der Waals surface area contributed by atoms with Gasteiger partial charge >= 0.3 is 0 Å². The van der Waals surface area contributed by atoms with Gasteiger partial charge in [0.25, 0.3) is 0 Å². The Kier molecular flexibility index (Phi) is 4.55. The third-order valence-corrected chi connectivity index (χ3v) is 5.84. The van der Waals surface area contributed by atoms with Gasteiger partial charge in [0.05, 0.1) is 6.10 Å². The molecule has 2 aliphatic carbocycles. The predicted molar refractivity (Wildman–Crippen MR) is 83.1 cm³/mol. The van der Waals surface area contributed by atoms with E-state index < -0.39 is 0 Å². The van der Waals surface area contributed by atoms with Crippen LogP contribution in [0, 0.1) is 5.41 Å². The second kappa shape index (κ2) is 6.25. The first-order chi connectivity index (χ1) is 10.2. The van der Waals surface area contributed by atoms with E-state index in [-0.39, 0.29) is 0 Å². The summed E-state index contributed by atoms with van der Waals surface area (Å²) in [5, 5.41) is 3.81. The maximum atomic E-state index is 11.7. The molecule has 0 radical (unpaired) electrons. The average molecular weight is 294 g/mol. The summed E-state index contributed by atoms with van der Waals surface area (Å²) < 4.78 is 5.97. The van der Waals surface area contributed by atoms with Crippen LogP contribution in [0.5, 0.6) is 0 Å². The SMILES string of the molecule is CCOC1CC(NC(C)CN2CCCC2=O)C12CCCC2. The number of nitrogens with zero attached hydrogens (tertiary/aromatic N) is 1. The topological polar surface area (TPSA) is 41.6 Å². The Hall–Kier alpha value is -0.610. The van der Waals surface area contributed by atoms with Gasteiger partial charge in [-0.3, -0.25) is 4.79 Å². The molecule has 0 aromatic heterocycles. The van der Waals surface area contributed by atoms with Crippen LogP contribution in [0.25, 0.3) is 0 Å². The van der Waals surface area contributed by atoms with Crippen LogP contribution in [-0.2, 0) is 9.53 Å². The minimum atomic E-state index is 0.333. The zero-order valence-corrected chi connectivity index (χ0v) is 13.6. The van der Waals surface area contributed by atoms with Gasteiger partial charge in [0, 0.05) is 43.6 Å². The molecule has 1 heterocycles. The van der Waals surface area contributed by atoms with E-state index in [1.165, 1.54) is 25.7 Å². The molecule has 1 spiro atoms. The van der Waals surface area contributed by atoms with Gasteiger partial charge in [0.2, 0.25) is 5.91 Å². The molecular formula is C17H30N2O2. The molecule has 1 amide bonds. The van der Waals surface area contributed by atoms with Gasteiger partial charge in [0.15, 0.2) is 0 Å². The molecule has 3 atom stereocenters. The third-order valence-electron chi connectivity index (χ3n) is 5.84. The second-order valence-electron chi connectivity index (χ2n) is 7.18. The van der Waals surface area contributed by atoms with Crippen LogP contribution in [0.3, 0.4) is 0 Å². The van der Waals surface area contributed by atoms with Crippen LogP contribution >= 0.6 is 0 Å². The summed E-state index contributed by atoms with van der Waals surface area (Å²) in [5.41, 5.74) is 0.388. The summed E-state index contributed by atoms with van der Waals surface area (Å²) in [7, 11) is 0. The van der Waals surface area contributed by atoms with Gasteiger partial charge in [0.1, 0.15) is 0 Å². The molecule has 3 unspecified atom stereocenters. The number of carbonyl (C=O) groups is 1. The van der Waals surface area contributed by atoms with Crippen molar-refractivity contribution in [3.8, 4) is 0 Å². The van der Waals surface area contributed by atoms with Gasteiger partial charge in [-0.25, -0.2) is 0 Å². The first kappa shape index (κ1) is 15.3. The Bertz CT molecular complexity index is 379. The van der Waals surface area contributed by atoms with Crippen molar-refractivity contribution in [1.82, 2.24) is 10.2 Å². The lowest BCUT2D eigenvalue weighted by atomic mass is 9.60. The quantitative estimate of drug-likeness (QED) is 0.817. The fourth-order valence-corrected chi connectivity index (χ4v) is 4.74. The van der Waals surface area contributed by atoms with Crippen molar-refractivity contribution in [2.45, 2.75) is 77.0 Å². The van der Waals surface area contributed by atoms with Gasteiger partial charge in [-0.15, -0.1) is 0 Å². The lowest BCUT2D eigenvalue weighted by Crippen LogP contribution is -2.64. The molecule has 4 nitrogen and oxygen atoms in total. The van der Waals surface area contributed by atoms with Crippen molar-refractivity contribution in [3.63, 3.8) is 0 Å². The lowest BCUT2D eigenvalue weighted by Gasteiger charge is -2.55. The van der Waals surface area contributed by atoms with Crippen molar-refractivity contribution < 1.29 is 9.53 Å². The standard InChI is InChI=1S/C17H30N2O2/c1-3-21-15-11-14(17(15)8-4-5-9-17)18-13(2)12-19-10-6-7-16(19)20/h13-15,18H,3-12H2,1-2H3. The van der Waals surface area contributed by atoms with Gasteiger partial charge in [-0.2, -0.15) is 0 Å². The molecule has 3 rings (SSSR count). The maximum absolute atomic E-state index is 11.7. The van der Waals surface area contributed by atoms with Crippen molar-refractivity contribution in [1.29, 1.82) is 0 Å². The zero-order chi connectivity index (χ0) is 14.9.